The number of nitrogens with one attached hydrogen (secondary N) is 2. The zero-order valence-corrected chi connectivity index (χ0v) is 11.1. The molecule has 0 aromatic heterocycles. The van der Waals surface area contributed by atoms with Gasteiger partial charge in [0, 0.05) is 0 Å². The van der Waals surface area contributed by atoms with E-state index in [9.17, 15) is 9.59 Å². The maximum atomic E-state index is 11.5. The molecule has 2 aromatic carbocycles. The van der Waals surface area contributed by atoms with Crippen molar-refractivity contribution >= 4 is 11.9 Å². The highest BCUT2D eigenvalue weighted by atomic mass is 16.7. The number of benzene rings is 2. The fourth-order valence-corrected chi connectivity index (χ4v) is 1.50. The molecule has 2 aromatic rings. The van der Waals surface area contributed by atoms with Crippen LogP contribution < -0.4 is 11.0 Å². The molecule has 0 saturated carbocycles. The number of rotatable bonds is 6. The van der Waals surface area contributed by atoms with Crippen molar-refractivity contribution < 1.29 is 19.3 Å². The number of hydrogen-bond donors (Lipinski definition) is 2. The lowest BCUT2D eigenvalue weighted by molar-refractivity contribution is -0.00391. The molecule has 108 valence electrons. The zero-order valence-electron chi connectivity index (χ0n) is 11.1. The van der Waals surface area contributed by atoms with Crippen LogP contribution in [-0.4, -0.2) is 18.6 Å². The van der Waals surface area contributed by atoms with Crippen LogP contribution in [0.2, 0.25) is 0 Å². The Morgan fingerprint density at radius 3 is 1.48 bits per heavy atom. The second-order valence-corrected chi connectivity index (χ2v) is 3.98. The Balaban J connectivity index is 1.64. The molecule has 2 N–H and O–H groups in total. The van der Waals surface area contributed by atoms with Gasteiger partial charge in [0.1, 0.15) is 6.67 Å². The second kappa shape index (κ2) is 7.78. The van der Waals surface area contributed by atoms with Crippen molar-refractivity contribution in [3.05, 3.63) is 71.8 Å². The molecule has 0 aliphatic heterocycles. The van der Waals surface area contributed by atoms with Crippen molar-refractivity contribution in [3.8, 4) is 0 Å². The first-order chi connectivity index (χ1) is 10.3. The summed E-state index contributed by atoms with van der Waals surface area (Å²) in [6.45, 7) is -0.0306. The molecule has 0 amide bonds. The summed E-state index contributed by atoms with van der Waals surface area (Å²) in [5.74, 6) is -1.04. The maximum absolute atomic E-state index is 11.5. The highest BCUT2D eigenvalue weighted by molar-refractivity contribution is 5.89. The number of carbonyl (C=O) groups excluding carboxylic acids is 2. The minimum absolute atomic E-state index is 0.0306. The summed E-state index contributed by atoms with van der Waals surface area (Å²) in [7, 11) is 0. The first-order valence-corrected chi connectivity index (χ1v) is 6.25. The van der Waals surface area contributed by atoms with Crippen LogP contribution in [0.5, 0.6) is 0 Å². The van der Waals surface area contributed by atoms with Crippen molar-refractivity contribution in [2.24, 2.45) is 0 Å². The number of hydrogen-bond acceptors (Lipinski definition) is 6. The van der Waals surface area contributed by atoms with Gasteiger partial charge in [-0.2, -0.15) is 0 Å². The smallest absolute Gasteiger partial charge is 0.356 e. The Bertz CT molecular complexity index is 534. The van der Waals surface area contributed by atoms with E-state index in [0.29, 0.717) is 11.1 Å². The van der Waals surface area contributed by atoms with E-state index in [1.54, 1.807) is 60.7 Å². The van der Waals surface area contributed by atoms with E-state index < -0.39 is 11.9 Å². The third-order valence-electron chi connectivity index (χ3n) is 2.49. The molecule has 0 radical (unpaired) electrons. The van der Waals surface area contributed by atoms with Gasteiger partial charge in [-0.1, -0.05) is 36.4 Å². The van der Waals surface area contributed by atoms with Crippen molar-refractivity contribution in [2.45, 2.75) is 0 Å². The highest BCUT2D eigenvalue weighted by Gasteiger charge is 2.07. The van der Waals surface area contributed by atoms with Crippen LogP contribution in [-0.2, 0) is 9.68 Å². The SMILES string of the molecule is O=C(ONCNOC(=O)c1ccccc1)c1ccccc1. The molecular formula is C15H14N2O4. The minimum Gasteiger partial charge on any atom is -0.365 e. The van der Waals surface area contributed by atoms with Gasteiger partial charge in [0.15, 0.2) is 0 Å². The lowest BCUT2D eigenvalue weighted by atomic mass is 10.2. The first kappa shape index (κ1) is 14.7. The molecule has 2 rings (SSSR count). The summed E-state index contributed by atoms with van der Waals surface area (Å²) in [6.07, 6.45) is 0. The van der Waals surface area contributed by atoms with Gasteiger partial charge in [-0.25, -0.2) is 9.59 Å². The highest BCUT2D eigenvalue weighted by Crippen LogP contribution is 2.00. The number of hydroxylamine groups is 2. The monoisotopic (exact) mass is 286 g/mol. The van der Waals surface area contributed by atoms with Gasteiger partial charge in [-0.15, -0.1) is 11.0 Å². The third-order valence-corrected chi connectivity index (χ3v) is 2.49. The summed E-state index contributed by atoms with van der Waals surface area (Å²) in [6, 6.07) is 17.1. The van der Waals surface area contributed by atoms with Crippen LogP contribution in [0.25, 0.3) is 0 Å². The fourth-order valence-electron chi connectivity index (χ4n) is 1.50. The molecule has 0 unspecified atom stereocenters. The average molecular weight is 286 g/mol. The largest absolute Gasteiger partial charge is 0.365 e. The van der Waals surface area contributed by atoms with Crippen molar-refractivity contribution in [1.82, 2.24) is 11.0 Å². The molecule has 0 heterocycles. The fraction of sp³-hybridized carbons (Fsp3) is 0.0667. The van der Waals surface area contributed by atoms with E-state index in [0.717, 1.165) is 0 Å². The van der Waals surface area contributed by atoms with Crippen LogP contribution in [0.1, 0.15) is 20.7 Å². The normalized spacial score (nSPS) is 9.90. The quantitative estimate of drug-likeness (QED) is 0.478. The van der Waals surface area contributed by atoms with Crippen LogP contribution >= 0.6 is 0 Å². The molecular weight excluding hydrogens is 272 g/mol. The van der Waals surface area contributed by atoms with E-state index in [1.807, 2.05) is 0 Å². The number of carbonyl (C=O) groups is 2. The lowest BCUT2D eigenvalue weighted by Gasteiger charge is -2.07. The van der Waals surface area contributed by atoms with E-state index in [1.165, 1.54) is 0 Å². The van der Waals surface area contributed by atoms with E-state index in [2.05, 4.69) is 11.0 Å². The molecule has 0 atom stereocenters. The van der Waals surface area contributed by atoms with Crippen LogP contribution in [0.15, 0.2) is 60.7 Å². The Morgan fingerprint density at radius 1 is 0.714 bits per heavy atom. The van der Waals surface area contributed by atoms with Crippen LogP contribution in [0.4, 0.5) is 0 Å². The van der Waals surface area contributed by atoms with Gasteiger partial charge in [0.05, 0.1) is 11.1 Å². The lowest BCUT2D eigenvalue weighted by Crippen LogP contribution is -2.32. The summed E-state index contributed by atoms with van der Waals surface area (Å²) in [4.78, 5) is 32.6. The van der Waals surface area contributed by atoms with Crippen molar-refractivity contribution in [2.75, 3.05) is 6.67 Å². The van der Waals surface area contributed by atoms with Gasteiger partial charge in [0.2, 0.25) is 0 Å². The summed E-state index contributed by atoms with van der Waals surface area (Å²) >= 11 is 0. The van der Waals surface area contributed by atoms with Gasteiger partial charge in [0.25, 0.3) is 0 Å². The summed E-state index contributed by atoms with van der Waals surface area (Å²) in [5, 5.41) is 0. The van der Waals surface area contributed by atoms with Crippen LogP contribution in [0, 0.1) is 0 Å². The Morgan fingerprint density at radius 2 is 1.10 bits per heavy atom. The van der Waals surface area contributed by atoms with E-state index in [4.69, 9.17) is 9.68 Å². The summed E-state index contributed by atoms with van der Waals surface area (Å²) in [5.41, 5.74) is 5.55. The molecule has 0 aliphatic carbocycles. The predicted molar refractivity (Wildman–Crippen MR) is 74.9 cm³/mol. The molecule has 0 aliphatic rings. The summed E-state index contributed by atoms with van der Waals surface area (Å²) < 4.78 is 0. The van der Waals surface area contributed by atoms with Gasteiger partial charge >= 0.3 is 11.9 Å². The van der Waals surface area contributed by atoms with Gasteiger partial charge in [-0.05, 0) is 24.3 Å². The third kappa shape index (κ3) is 4.72. The molecule has 0 bridgehead atoms. The second-order valence-electron chi connectivity index (χ2n) is 3.98. The molecule has 0 fully saturated rings. The van der Waals surface area contributed by atoms with Crippen LogP contribution in [0.3, 0.4) is 0 Å². The maximum Gasteiger partial charge on any atom is 0.356 e. The Labute approximate surface area is 121 Å². The standard InChI is InChI=1S/C15H14N2O4/c18-14(12-7-3-1-4-8-12)20-16-11-17-21-15(19)13-9-5-2-6-10-13/h1-10,16-17H,11H2. The minimum atomic E-state index is -0.521. The predicted octanol–water partition coefficient (Wildman–Crippen LogP) is 1.67. The Hall–Kier alpha value is -2.70. The van der Waals surface area contributed by atoms with E-state index >= 15 is 0 Å². The zero-order chi connectivity index (χ0) is 14.9. The molecule has 0 saturated heterocycles. The first-order valence-electron chi connectivity index (χ1n) is 6.25. The van der Waals surface area contributed by atoms with Gasteiger partial charge < -0.3 is 9.68 Å². The van der Waals surface area contributed by atoms with Crippen molar-refractivity contribution in [1.29, 1.82) is 0 Å². The molecule has 6 heteroatoms. The Kier molecular flexibility index (Phi) is 5.45. The topological polar surface area (TPSA) is 76.7 Å². The van der Waals surface area contributed by atoms with E-state index in [-0.39, 0.29) is 6.67 Å². The van der Waals surface area contributed by atoms with Gasteiger partial charge in [-0.3, -0.25) is 0 Å². The molecule has 6 nitrogen and oxygen atoms in total. The molecule has 21 heavy (non-hydrogen) atoms. The average Bonchev–Trinajstić information content (AvgIpc) is 2.55. The molecule has 0 spiro atoms. The van der Waals surface area contributed by atoms with Crippen molar-refractivity contribution in [3.63, 3.8) is 0 Å².